The summed E-state index contributed by atoms with van der Waals surface area (Å²) in [5.74, 6) is -3.25. The highest BCUT2D eigenvalue weighted by Gasteiger charge is 2.41. The molecule has 0 fully saturated rings. The molecule has 0 saturated heterocycles. The monoisotopic (exact) mass is 352 g/mol. The van der Waals surface area contributed by atoms with Gasteiger partial charge >= 0.3 is 12.1 Å². The van der Waals surface area contributed by atoms with Crippen LogP contribution in [0.3, 0.4) is 0 Å². The number of hydrogen-bond donors (Lipinski definition) is 2. The summed E-state index contributed by atoms with van der Waals surface area (Å²) in [6.07, 6.45) is -4.27. The highest BCUT2D eigenvalue weighted by molar-refractivity contribution is 6.14. The molecule has 8 heteroatoms. The first-order valence-corrected chi connectivity index (χ1v) is 7.71. The Balaban J connectivity index is 1.63. The summed E-state index contributed by atoms with van der Waals surface area (Å²) < 4.78 is 36.7. The lowest BCUT2D eigenvalue weighted by molar-refractivity contribution is -0.174. The second-order valence-corrected chi connectivity index (χ2v) is 6.11. The van der Waals surface area contributed by atoms with Crippen LogP contribution in [0.15, 0.2) is 29.8 Å². The molecule has 5 nitrogen and oxygen atoms in total. The highest BCUT2D eigenvalue weighted by Crippen LogP contribution is 2.41. The van der Waals surface area contributed by atoms with Crippen LogP contribution in [0, 0.1) is 0 Å². The van der Waals surface area contributed by atoms with Gasteiger partial charge in [0.05, 0.1) is 6.04 Å². The number of ketones is 1. The number of carbonyl (C=O) groups is 3. The number of fused-ring (bicyclic) bond motifs is 2. The van der Waals surface area contributed by atoms with E-state index in [4.69, 9.17) is 0 Å². The van der Waals surface area contributed by atoms with E-state index in [2.05, 4.69) is 5.32 Å². The third-order valence-corrected chi connectivity index (χ3v) is 4.41. The van der Waals surface area contributed by atoms with E-state index in [0.717, 1.165) is 23.6 Å². The molecule has 2 atom stereocenters. The van der Waals surface area contributed by atoms with Gasteiger partial charge in [0.1, 0.15) is 6.04 Å². The molecule has 2 amide bonds. The third kappa shape index (κ3) is 3.16. The molecular formula is C17H15F3N2O3. The quantitative estimate of drug-likeness (QED) is 0.866. The van der Waals surface area contributed by atoms with E-state index < -0.39 is 30.1 Å². The summed E-state index contributed by atoms with van der Waals surface area (Å²) in [7, 11) is 0. The first-order chi connectivity index (χ1) is 11.7. The fourth-order valence-electron chi connectivity index (χ4n) is 3.16. The number of amides is 2. The fourth-order valence-corrected chi connectivity index (χ4v) is 3.16. The zero-order valence-electron chi connectivity index (χ0n) is 13.2. The highest BCUT2D eigenvalue weighted by atomic mass is 19.4. The van der Waals surface area contributed by atoms with Crippen molar-refractivity contribution in [1.29, 1.82) is 0 Å². The van der Waals surface area contributed by atoms with Crippen molar-refractivity contribution >= 4 is 23.2 Å². The number of carbonyl (C=O) groups excluding carboxylic acids is 3. The van der Waals surface area contributed by atoms with Crippen LogP contribution in [0.2, 0.25) is 0 Å². The van der Waals surface area contributed by atoms with Crippen LogP contribution in [0.5, 0.6) is 0 Å². The van der Waals surface area contributed by atoms with Crippen LogP contribution >= 0.6 is 0 Å². The molecule has 0 spiro atoms. The molecule has 0 radical (unpaired) electrons. The van der Waals surface area contributed by atoms with Crippen molar-refractivity contribution in [3.05, 3.63) is 41.0 Å². The molecule has 0 bridgehead atoms. The Kier molecular flexibility index (Phi) is 4.14. The van der Waals surface area contributed by atoms with E-state index >= 15 is 0 Å². The van der Waals surface area contributed by atoms with E-state index in [1.807, 2.05) is 24.3 Å². The molecular weight excluding hydrogens is 337 g/mol. The summed E-state index contributed by atoms with van der Waals surface area (Å²) in [6.45, 7) is 1.13. The van der Waals surface area contributed by atoms with Crippen LogP contribution in [0.25, 0.3) is 5.57 Å². The zero-order chi connectivity index (χ0) is 18.4. The van der Waals surface area contributed by atoms with Crippen LogP contribution in [-0.4, -0.2) is 35.9 Å². The summed E-state index contributed by atoms with van der Waals surface area (Å²) in [4.78, 5) is 35.4. The maximum absolute atomic E-state index is 12.5. The number of halogens is 3. The minimum absolute atomic E-state index is 0.228. The lowest BCUT2D eigenvalue weighted by Crippen LogP contribution is -2.52. The summed E-state index contributed by atoms with van der Waals surface area (Å²) in [6, 6.07) is 5.38. The number of hydrogen-bond acceptors (Lipinski definition) is 3. The number of rotatable bonds is 3. The van der Waals surface area contributed by atoms with Gasteiger partial charge in [0.25, 0.3) is 0 Å². The van der Waals surface area contributed by atoms with Gasteiger partial charge in [-0.25, -0.2) is 0 Å². The molecule has 2 aliphatic carbocycles. The summed E-state index contributed by atoms with van der Waals surface area (Å²) in [5, 5.41) is 4.01. The molecule has 2 N–H and O–H groups in total. The number of nitrogens with one attached hydrogen (secondary N) is 2. The number of alkyl halides is 3. The Morgan fingerprint density at radius 1 is 1.20 bits per heavy atom. The molecule has 0 aromatic heterocycles. The third-order valence-electron chi connectivity index (χ3n) is 4.41. The average Bonchev–Trinajstić information content (AvgIpc) is 3.04. The largest absolute Gasteiger partial charge is 0.471 e. The second-order valence-electron chi connectivity index (χ2n) is 6.11. The Hall–Kier alpha value is -2.64. The van der Waals surface area contributed by atoms with Crippen molar-refractivity contribution in [3.8, 4) is 0 Å². The van der Waals surface area contributed by atoms with Gasteiger partial charge in [0, 0.05) is 18.4 Å². The number of benzene rings is 1. The molecule has 1 aromatic rings. The first-order valence-electron chi connectivity index (χ1n) is 7.71. The smallest absolute Gasteiger partial charge is 0.344 e. The maximum Gasteiger partial charge on any atom is 0.471 e. The minimum atomic E-state index is -5.07. The van der Waals surface area contributed by atoms with Crippen LogP contribution in [-0.2, 0) is 20.8 Å². The van der Waals surface area contributed by atoms with Crippen molar-refractivity contribution in [2.75, 3.05) is 0 Å². The SMILES string of the molecule is CC(NC(=O)C(F)(F)F)C(=O)NC1CC2=C(Cc3ccccc32)C1=O. The van der Waals surface area contributed by atoms with E-state index in [0.29, 0.717) is 18.4 Å². The molecule has 25 heavy (non-hydrogen) atoms. The van der Waals surface area contributed by atoms with E-state index in [9.17, 15) is 27.6 Å². The van der Waals surface area contributed by atoms with Gasteiger partial charge in [-0.3, -0.25) is 14.4 Å². The molecule has 0 aliphatic heterocycles. The predicted octanol–water partition coefficient (Wildman–Crippen LogP) is 1.52. The molecule has 0 heterocycles. The van der Waals surface area contributed by atoms with Crippen molar-refractivity contribution in [2.24, 2.45) is 0 Å². The van der Waals surface area contributed by atoms with Gasteiger partial charge in [0.15, 0.2) is 5.78 Å². The Morgan fingerprint density at radius 2 is 1.88 bits per heavy atom. The Labute approximate surface area is 141 Å². The maximum atomic E-state index is 12.5. The van der Waals surface area contributed by atoms with Crippen LogP contribution in [0.4, 0.5) is 13.2 Å². The van der Waals surface area contributed by atoms with Crippen LogP contribution < -0.4 is 10.6 Å². The predicted molar refractivity (Wildman–Crippen MR) is 82.3 cm³/mol. The van der Waals surface area contributed by atoms with Gasteiger partial charge in [-0.15, -0.1) is 0 Å². The molecule has 3 rings (SSSR count). The van der Waals surface area contributed by atoms with Crippen LogP contribution in [0.1, 0.15) is 24.5 Å². The van der Waals surface area contributed by atoms with Gasteiger partial charge in [-0.2, -0.15) is 13.2 Å². The van der Waals surface area contributed by atoms with Gasteiger partial charge in [0.2, 0.25) is 5.91 Å². The zero-order valence-corrected chi connectivity index (χ0v) is 13.2. The lowest BCUT2D eigenvalue weighted by atomic mass is 10.0. The number of Topliss-reactive ketones (excluding diaryl/α,β-unsaturated/α-hetero) is 1. The summed E-state index contributed by atoms with van der Waals surface area (Å²) >= 11 is 0. The Bertz CT molecular complexity index is 799. The average molecular weight is 352 g/mol. The Morgan fingerprint density at radius 3 is 2.56 bits per heavy atom. The minimum Gasteiger partial charge on any atom is -0.344 e. The standard InChI is InChI=1S/C17H15F3N2O3/c1-8(21-16(25)17(18,19)20)15(24)22-13-7-11-10-5-3-2-4-9(10)6-12(11)14(13)23/h2-5,8,13H,6-7H2,1H3,(H,21,25)(H,22,24). The molecule has 0 saturated carbocycles. The van der Waals surface area contributed by atoms with Gasteiger partial charge in [-0.1, -0.05) is 24.3 Å². The molecule has 1 aromatic carbocycles. The van der Waals surface area contributed by atoms with E-state index in [1.54, 1.807) is 5.32 Å². The molecule has 2 unspecified atom stereocenters. The molecule has 2 aliphatic rings. The van der Waals surface area contributed by atoms with Gasteiger partial charge in [-0.05, 0) is 23.6 Å². The van der Waals surface area contributed by atoms with Crippen molar-refractivity contribution < 1.29 is 27.6 Å². The summed E-state index contributed by atoms with van der Waals surface area (Å²) in [5.41, 5.74) is 3.54. The van der Waals surface area contributed by atoms with Crippen molar-refractivity contribution in [3.63, 3.8) is 0 Å². The fraction of sp³-hybridized carbons (Fsp3) is 0.353. The normalized spacial score (nSPS) is 20.2. The lowest BCUT2D eigenvalue weighted by Gasteiger charge is -2.19. The van der Waals surface area contributed by atoms with E-state index in [-0.39, 0.29) is 5.78 Å². The second kappa shape index (κ2) is 6.02. The van der Waals surface area contributed by atoms with Gasteiger partial charge < -0.3 is 10.6 Å². The van der Waals surface area contributed by atoms with E-state index in [1.165, 1.54) is 0 Å². The topological polar surface area (TPSA) is 75.3 Å². The van der Waals surface area contributed by atoms with Crippen molar-refractivity contribution in [1.82, 2.24) is 10.6 Å². The first kappa shape index (κ1) is 17.2. The molecule has 132 valence electrons. The van der Waals surface area contributed by atoms with Crippen molar-refractivity contribution in [2.45, 2.75) is 38.0 Å².